The third-order valence-electron chi connectivity index (χ3n) is 7.00. The van der Waals surface area contributed by atoms with E-state index in [9.17, 15) is 18.0 Å². The number of ether oxygens (including phenoxy) is 1. The maximum Gasteiger partial charge on any atom is 0.317 e. The fraction of sp³-hybridized carbons (Fsp3) is 0.517. The number of likely N-dealkylation sites (tertiary alicyclic amines) is 1. The van der Waals surface area contributed by atoms with Gasteiger partial charge in [0.1, 0.15) is 5.75 Å². The molecule has 1 heterocycles. The van der Waals surface area contributed by atoms with E-state index in [0.29, 0.717) is 45.4 Å². The molecule has 1 aliphatic rings. The van der Waals surface area contributed by atoms with Crippen LogP contribution in [-0.4, -0.2) is 80.3 Å². The first-order valence-electron chi connectivity index (χ1n) is 13.8. The van der Waals surface area contributed by atoms with Gasteiger partial charge in [-0.2, -0.15) is 4.31 Å². The number of carbonyl (C=O) groups is 2. The summed E-state index contributed by atoms with van der Waals surface area (Å²) in [5.74, 6) is 0.478. The molecule has 10 heteroatoms. The molecule has 9 nitrogen and oxygen atoms in total. The first-order chi connectivity index (χ1) is 18.8. The number of piperidine rings is 1. The quantitative estimate of drug-likeness (QED) is 0.373. The number of sulfonamides is 1. The highest BCUT2D eigenvalue weighted by Gasteiger charge is 2.33. The number of carbonyl (C=O) groups excluding carboxylic acids is 2. The Morgan fingerprint density at radius 2 is 1.67 bits per heavy atom. The second-order valence-corrected chi connectivity index (χ2v) is 11.8. The highest BCUT2D eigenvalue weighted by Crippen LogP contribution is 2.23. The molecule has 3 amide bonds. The van der Waals surface area contributed by atoms with Gasteiger partial charge < -0.3 is 19.9 Å². The molecule has 0 unspecified atom stereocenters. The van der Waals surface area contributed by atoms with Crippen molar-refractivity contribution in [2.45, 2.75) is 63.4 Å². The Morgan fingerprint density at radius 1 is 1.00 bits per heavy atom. The summed E-state index contributed by atoms with van der Waals surface area (Å²) in [7, 11) is -2.22. The predicted molar refractivity (Wildman–Crippen MR) is 152 cm³/mol. The van der Waals surface area contributed by atoms with E-state index in [1.165, 1.54) is 4.31 Å². The standard InChI is InChI=1S/C29H42N4O5S/c1-4-6-18-30-29(35)31-20-16-25(17-21-31)33(22-24-12-14-26(38-3)15-13-24)28(34)23-32(19-5-2)39(36,37)27-10-8-7-9-11-27/h7-15,25H,4-6,16-23H2,1-3H3,(H,30,35). The summed E-state index contributed by atoms with van der Waals surface area (Å²) in [6, 6.07) is 15.6. The van der Waals surface area contributed by atoms with Crippen LogP contribution in [0.1, 0.15) is 51.5 Å². The number of benzene rings is 2. The molecule has 0 spiro atoms. The topological polar surface area (TPSA) is 99.3 Å². The molecule has 1 N–H and O–H groups in total. The summed E-state index contributed by atoms with van der Waals surface area (Å²) in [5.41, 5.74) is 0.928. The lowest BCUT2D eigenvalue weighted by Crippen LogP contribution is -2.52. The molecule has 2 aromatic rings. The molecule has 1 aliphatic heterocycles. The third-order valence-corrected chi connectivity index (χ3v) is 8.86. The molecule has 214 valence electrons. The summed E-state index contributed by atoms with van der Waals surface area (Å²) in [6.45, 7) is 6.07. The highest BCUT2D eigenvalue weighted by molar-refractivity contribution is 7.89. The molecule has 1 fully saturated rings. The van der Waals surface area contributed by atoms with Gasteiger partial charge in [-0.1, -0.05) is 50.6 Å². The molecule has 1 saturated heterocycles. The Bertz CT molecular complexity index is 1150. The van der Waals surface area contributed by atoms with Crippen LogP contribution in [0.2, 0.25) is 0 Å². The van der Waals surface area contributed by atoms with Crippen LogP contribution in [-0.2, 0) is 21.4 Å². The fourth-order valence-corrected chi connectivity index (χ4v) is 6.23. The van der Waals surface area contributed by atoms with Crippen LogP contribution in [0.25, 0.3) is 0 Å². The minimum atomic E-state index is -3.83. The molecule has 2 aromatic carbocycles. The van der Waals surface area contributed by atoms with Crippen LogP contribution in [0.3, 0.4) is 0 Å². The Balaban J connectivity index is 1.78. The van der Waals surface area contributed by atoms with E-state index < -0.39 is 10.0 Å². The first-order valence-corrected chi connectivity index (χ1v) is 15.2. The lowest BCUT2D eigenvalue weighted by molar-refractivity contribution is -0.135. The maximum absolute atomic E-state index is 13.8. The van der Waals surface area contributed by atoms with Crippen LogP contribution in [0, 0.1) is 0 Å². The van der Waals surface area contributed by atoms with Gasteiger partial charge in [-0.25, -0.2) is 13.2 Å². The van der Waals surface area contributed by atoms with Crippen LogP contribution in [0.15, 0.2) is 59.5 Å². The minimum Gasteiger partial charge on any atom is -0.497 e. The van der Waals surface area contributed by atoms with Gasteiger partial charge in [-0.3, -0.25) is 4.79 Å². The molecule has 39 heavy (non-hydrogen) atoms. The van der Waals surface area contributed by atoms with Crippen molar-refractivity contribution in [1.82, 2.24) is 19.4 Å². The number of amides is 3. The van der Waals surface area contributed by atoms with Gasteiger partial charge in [0.15, 0.2) is 0 Å². The average molecular weight is 559 g/mol. The van der Waals surface area contributed by atoms with E-state index in [1.54, 1.807) is 47.2 Å². The van der Waals surface area contributed by atoms with Crippen molar-refractivity contribution in [3.63, 3.8) is 0 Å². The molecule has 0 bridgehead atoms. The van der Waals surface area contributed by atoms with Crippen molar-refractivity contribution in [2.24, 2.45) is 0 Å². The number of hydrogen-bond donors (Lipinski definition) is 1. The molecule has 0 atom stereocenters. The molecule has 0 radical (unpaired) electrons. The number of rotatable bonds is 13. The normalized spacial score (nSPS) is 14.3. The number of unbranched alkanes of at least 4 members (excludes halogenated alkanes) is 1. The predicted octanol–water partition coefficient (Wildman–Crippen LogP) is 4.10. The van der Waals surface area contributed by atoms with Gasteiger partial charge in [-0.05, 0) is 55.5 Å². The number of nitrogens with one attached hydrogen (secondary N) is 1. The SMILES string of the molecule is CCCCNC(=O)N1CCC(N(Cc2ccc(OC)cc2)C(=O)CN(CCC)S(=O)(=O)c2ccccc2)CC1. The number of urea groups is 1. The fourth-order valence-electron chi connectivity index (χ4n) is 4.73. The third kappa shape index (κ3) is 8.44. The van der Waals surface area contributed by atoms with E-state index in [4.69, 9.17) is 4.74 Å². The van der Waals surface area contributed by atoms with Crippen LogP contribution in [0.4, 0.5) is 4.79 Å². The zero-order chi connectivity index (χ0) is 28.3. The number of methoxy groups -OCH3 is 1. The lowest BCUT2D eigenvalue weighted by Gasteiger charge is -2.39. The van der Waals surface area contributed by atoms with E-state index in [0.717, 1.165) is 24.2 Å². The minimum absolute atomic E-state index is 0.0713. The highest BCUT2D eigenvalue weighted by atomic mass is 32.2. The Kier molecular flexibility index (Phi) is 11.6. The van der Waals surface area contributed by atoms with Gasteiger partial charge in [0.05, 0.1) is 18.6 Å². The zero-order valence-electron chi connectivity index (χ0n) is 23.3. The Morgan fingerprint density at radius 3 is 2.26 bits per heavy atom. The largest absolute Gasteiger partial charge is 0.497 e. The van der Waals surface area contributed by atoms with Crippen molar-refractivity contribution in [2.75, 3.05) is 39.8 Å². The molecular formula is C29H42N4O5S. The molecular weight excluding hydrogens is 516 g/mol. The van der Waals surface area contributed by atoms with Gasteiger partial charge in [0.25, 0.3) is 0 Å². The smallest absolute Gasteiger partial charge is 0.317 e. The second-order valence-electron chi connectivity index (χ2n) is 9.83. The first kappa shape index (κ1) is 30.4. The summed E-state index contributed by atoms with van der Waals surface area (Å²) in [6.07, 6.45) is 3.79. The van der Waals surface area contributed by atoms with E-state index in [2.05, 4.69) is 12.2 Å². The van der Waals surface area contributed by atoms with E-state index in [-0.39, 0.29) is 36.0 Å². The van der Waals surface area contributed by atoms with Gasteiger partial charge in [-0.15, -0.1) is 0 Å². The van der Waals surface area contributed by atoms with Crippen molar-refractivity contribution in [3.05, 3.63) is 60.2 Å². The van der Waals surface area contributed by atoms with Crippen molar-refractivity contribution < 1.29 is 22.7 Å². The number of hydrogen-bond acceptors (Lipinski definition) is 5. The molecule has 0 aliphatic carbocycles. The molecule has 0 saturated carbocycles. The monoisotopic (exact) mass is 558 g/mol. The molecule has 0 aromatic heterocycles. The lowest BCUT2D eigenvalue weighted by atomic mass is 10.0. The second kappa shape index (κ2) is 14.9. The zero-order valence-corrected chi connectivity index (χ0v) is 24.2. The van der Waals surface area contributed by atoms with Crippen LogP contribution in [0.5, 0.6) is 5.75 Å². The summed E-state index contributed by atoms with van der Waals surface area (Å²) in [5, 5.41) is 2.96. The Hall–Kier alpha value is -3.11. The van der Waals surface area contributed by atoms with Gasteiger partial charge >= 0.3 is 6.03 Å². The van der Waals surface area contributed by atoms with E-state index in [1.807, 2.05) is 31.2 Å². The van der Waals surface area contributed by atoms with Crippen LogP contribution < -0.4 is 10.1 Å². The van der Waals surface area contributed by atoms with Crippen molar-refractivity contribution >= 4 is 22.0 Å². The summed E-state index contributed by atoms with van der Waals surface area (Å²) >= 11 is 0. The molecule has 3 rings (SSSR count). The van der Waals surface area contributed by atoms with E-state index >= 15 is 0 Å². The number of nitrogens with zero attached hydrogens (tertiary/aromatic N) is 3. The summed E-state index contributed by atoms with van der Waals surface area (Å²) < 4.78 is 33.4. The van der Waals surface area contributed by atoms with Gasteiger partial charge in [0, 0.05) is 38.8 Å². The maximum atomic E-state index is 13.8. The van der Waals surface area contributed by atoms with Crippen molar-refractivity contribution in [1.29, 1.82) is 0 Å². The Labute approximate surface area is 233 Å². The van der Waals surface area contributed by atoms with Gasteiger partial charge in [0.2, 0.25) is 15.9 Å². The van der Waals surface area contributed by atoms with Crippen molar-refractivity contribution in [3.8, 4) is 5.75 Å². The average Bonchev–Trinajstić information content (AvgIpc) is 2.96. The van der Waals surface area contributed by atoms with Crippen LogP contribution >= 0.6 is 0 Å². The summed E-state index contributed by atoms with van der Waals surface area (Å²) in [4.78, 5) is 30.1.